The molecule has 6 heterocycles. The number of fused-ring (bicyclic) bond motifs is 8. The number of hydrogen-bond acceptors (Lipinski definition) is 5. The molecule has 0 atom stereocenters. The zero-order valence-corrected chi connectivity index (χ0v) is 34.1. The summed E-state index contributed by atoms with van der Waals surface area (Å²) in [5.41, 5.74) is 9.70. The van der Waals surface area contributed by atoms with Crippen LogP contribution in [0.2, 0.25) is 0 Å². The van der Waals surface area contributed by atoms with Crippen molar-refractivity contribution in [3.8, 4) is 17.3 Å². The number of ether oxygens (including phenoxy) is 1. The Balaban J connectivity index is 0.00000385. The van der Waals surface area contributed by atoms with Crippen LogP contribution in [0.1, 0.15) is 59.8 Å². The SMILES string of the molecule is [2H]C1(c2ccc3c(c2)c2ccc(Oc4[c-]c5c6nc7ccccc7n6c6cccc7nc8ncc(c4)c5n8c76)nc2n3-c2[c-]cccc2)C(C)(C)CCCC1(C)C.[Pt+2]. The van der Waals surface area contributed by atoms with Gasteiger partial charge in [0.25, 0.3) is 0 Å². The maximum Gasteiger partial charge on any atom is 2.00 e. The molecule has 1 saturated carbocycles. The van der Waals surface area contributed by atoms with Crippen molar-refractivity contribution in [1.29, 1.82) is 0 Å². The van der Waals surface area contributed by atoms with Crippen molar-refractivity contribution in [2.75, 3.05) is 0 Å². The van der Waals surface area contributed by atoms with E-state index >= 15 is 0 Å². The van der Waals surface area contributed by atoms with Gasteiger partial charge in [-0.05, 0) is 83.1 Å². The van der Waals surface area contributed by atoms with E-state index in [9.17, 15) is 1.37 Å². The van der Waals surface area contributed by atoms with Crippen molar-refractivity contribution >= 4 is 77.2 Å². The quantitative estimate of drug-likeness (QED) is 0.164. The average Bonchev–Trinajstić information content (AvgIpc) is 3.86. The summed E-state index contributed by atoms with van der Waals surface area (Å²) < 4.78 is 23.4. The Morgan fingerprint density at radius 2 is 1.54 bits per heavy atom. The molecular weight excluding hydrogens is 886 g/mol. The molecule has 0 aliphatic heterocycles. The molecule has 12 rings (SSSR count). The Labute approximate surface area is 344 Å². The van der Waals surface area contributed by atoms with Crippen molar-refractivity contribution in [3.63, 3.8) is 0 Å². The number of pyridine rings is 1. The molecule has 0 unspecified atom stereocenters. The number of para-hydroxylation sites is 4. The molecule has 11 aromatic rings. The van der Waals surface area contributed by atoms with E-state index in [2.05, 4.69) is 95.7 Å². The summed E-state index contributed by atoms with van der Waals surface area (Å²) in [6.45, 7) is 9.06. The average molecular weight is 924 g/mol. The van der Waals surface area contributed by atoms with Crippen molar-refractivity contribution in [2.45, 2.75) is 52.9 Å². The molecule has 1 fully saturated rings. The Morgan fingerprint density at radius 1 is 0.737 bits per heavy atom. The minimum atomic E-state index is -0.772. The van der Waals surface area contributed by atoms with Crippen LogP contribution >= 0.6 is 0 Å². The van der Waals surface area contributed by atoms with Gasteiger partial charge in [-0.2, -0.15) is 29.2 Å². The van der Waals surface area contributed by atoms with Crippen molar-refractivity contribution in [3.05, 3.63) is 127 Å². The van der Waals surface area contributed by atoms with E-state index in [-0.39, 0.29) is 31.9 Å². The normalized spacial score (nSPS) is 16.7. The van der Waals surface area contributed by atoms with Gasteiger partial charge in [0, 0.05) is 30.2 Å². The first-order valence-electron chi connectivity index (χ1n) is 19.9. The Hall–Kier alpha value is -5.85. The van der Waals surface area contributed by atoms with Crippen LogP contribution in [-0.2, 0) is 21.1 Å². The molecule has 0 N–H and O–H groups in total. The van der Waals surface area contributed by atoms with Crippen molar-refractivity contribution in [2.24, 2.45) is 10.8 Å². The van der Waals surface area contributed by atoms with Crippen LogP contribution < -0.4 is 4.74 Å². The van der Waals surface area contributed by atoms with Crippen LogP contribution in [-0.4, -0.2) is 33.3 Å². The summed E-state index contributed by atoms with van der Waals surface area (Å²) >= 11 is 0. The third-order valence-corrected chi connectivity index (χ3v) is 12.2. The second-order valence-electron chi connectivity index (χ2n) is 16.7. The van der Waals surface area contributed by atoms with E-state index < -0.39 is 5.89 Å². The summed E-state index contributed by atoms with van der Waals surface area (Å²) in [6.07, 6.45) is 5.03. The zero-order chi connectivity index (χ0) is 38.4. The van der Waals surface area contributed by atoms with Crippen molar-refractivity contribution < 1.29 is 27.2 Å². The second-order valence-corrected chi connectivity index (χ2v) is 16.7. The largest absolute Gasteiger partial charge is 2.00 e. The van der Waals surface area contributed by atoms with Gasteiger partial charge in [0.1, 0.15) is 5.65 Å². The first kappa shape index (κ1) is 33.3. The van der Waals surface area contributed by atoms with Gasteiger partial charge in [-0.15, -0.1) is 6.07 Å². The summed E-state index contributed by atoms with van der Waals surface area (Å²) in [5, 5.41) is 3.71. The molecule has 0 spiro atoms. The predicted octanol–water partition coefficient (Wildman–Crippen LogP) is 11.6. The van der Waals surface area contributed by atoms with E-state index in [0.29, 0.717) is 17.4 Å². The summed E-state index contributed by atoms with van der Waals surface area (Å²) in [6, 6.07) is 42.0. The smallest absolute Gasteiger partial charge is 0.459 e. The monoisotopic (exact) mass is 923 g/mol. The summed E-state index contributed by atoms with van der Waals surface area (Å²) in [5.74, 6) is 0.782. The van der Waals surface area contributed by atoms with Gasteiger partial charge in [-0.1, -0.05) is 87.0 Å². The van der Waals surface area contributed by atoms with Crippen LogP contribution in [0.5, 0.6) is 11.6 Å². The van der Waals surface area contributed by atoms with Gasteiger partial charge in [-0.25, -0.2) is 9.97 Å². The van der Waals surface area contributed by atoms with Crippen LogP contribution in [0.4, 0.5) is 0 Å². The first-order valence-corrected chi connectivity index (χ1v) is 19.4. The van der Waals surface area contributed by atoms with E-state index in [1.807, 2.05) is 66.9 Å². The van der Waals surface area contributed by atoms with E-state index in [1.165, 1.54) is 0 Å². The fourth-order valence-electron chi connectivity index (χ4n) is 10.2. The summed E-state index contributed by atoms with van der Waals surface area (Å²) in [4.78, 5) is 20.1. The van der Waals surface area contributed by atoms with E-state index in [4.69, 9.17) is 24.7 Å². The molecule has 0 saturated heterocycles. The van der Waals surface area contributed by atoms with Crippen LogP contribution in [0.3, 0.4) is 0 Å². The number of benzene rings is 5. The standard InChI is InChI=1S/C48H37N7O.Pt/c1-47(2)22-11-23-48(3,4)43(47)28-18-20-37-33(25-28)32-19-21-40(52-44(32)53(37)30-12-6-5-7-13-30)56-31-24-29-27-49-46-51-36-15-10-17-39-42(36)55(46)41(29)34(26-31)45-50-35-14-8-9-16-38(35)54(39)45;/h5-10,12,14-21,24-25,27,43H,11,22-23H2,1-4H3;/q-2;+2/i43D;. The van der Waals surface area contributed by atoms with Crippen LogP contribution in [0.25, 0.3) is 82.9 Å². The van der Waals surface area contributed by atoms with Gasteiger partial charge in [0.15, 0.2) is 0 Å². The van der Waals surface area contributed by atoms with Gasteiger partial charge >= 0.3 is 21.1 Å². The molecule has 0 amide bonds. The maximum atomic E-state index is 10.2. The maximum absolute atomic E-state index is 10.2. The third kappa shape index (κ3) is 4.89. The topological polar surface area (TPSA) is 74.5 Å². The number of nitrogens with zero attached hydrogens (tertiary/aromatic N) is 7. The zero-order valence-electron chi connectivity index (χ0n) is 32.9. The molecule has 280 valence electrons. The fraction of sp³-hybridized carbons (Fsp3) is 0.208. The predicted molar refractivity (Wildman–Crippen MR) is 223 cm³/mol. The van der Waals surface area contributed by atoms with Gasteiger partial charge in [0.05, 0.1) is 38.7 Å². The van der Waals surface area contributed by atoms with Crippen LogP contribution in [0.15, 0.2) is 109 Å². The van der Waals surface area contributed by atoms with Crippen LogP contribution in [0, 0.1) is 23.0 Å². The molecule has 0 bridgehead atoms. The Bertz CT molecular complexity index is 3440. The number of imidazole rings is 2. The molecule has 5 aromatic carbocycles. The Morgan fingerprint density at radius 3 is 2.39 bits per heavy atom. The molecule has 0 radical (unpaired) electrons. The minimum Gasteiger partial charge on any atom is -0.459 e. The molecule has 57 heavy (non-hydrogen) atoms. The Kier molecular flexibility index (Phi) is 7.06. The molecule has 6 aromatic heterocycles. The first-order chi connectivity index (χ1) is 27.6. The fourth-order valence-corrected chi connectivity index (χ4v) is 10.2. The molecule has 9 heteroatoms. The third-order valence-electron chi connectivity index (χ3n) is 12.2. The molecular formula is C48H37N7OPt. The number of hydrogen-bond donors (Lipinski definition) is 0. The second kappa shape index (κ2) is 12.1. The van der Waals surface area contributed by atoms with E-state index in [0.717, 1.165) is 102 Å². The minimum absolute atomic E-state index is 0. The van der Waals surface area contributed by atoms with E-state index in [1.54, 1.807) is 0 Å². The number of rotatable bonds is 4. The van der Waals surface area contributed by atoms with Gasteiger partial charge in [-0.3, -0.25) is 4.98 Å². The number of aromatic nitrogens is 7. The molecule has 1 aliphatic rings. The van der Waals surface area contributed by atoms with Gasteiger partial charge < -0.3 is 18.1 Å². The van der Waals surface area contributed by atoms with Crippen molar-refractivity contribution in [1.82, 2.24) is 33.3 Å². The molecule has 8 nitrogen and oxygen atoms in total. The summed E-state index contributed by atoms with van der Waals surface area (Å²) in [7, 11) is 0. The van der Waals surface area contributed by atoms with Gasteiger partial charge in [0.2, 0.25) is 11.7 Å². The molecule has 1 aliphatic carbocycles.